The molecule has 92 valence electrons. The number of rotatable bonds is 3. The zero-order valence-electron chi connectivity index (χ0n) is 9.43. The third-order valence-electron chi connectivity index (χ3n) is 2.34. The molecule has 0 fully saturated rings. The Balaban J connectivity index is 2.26. The molecule has 2 rings (SSSR count). The first-order chi connectivity index (χ1) is 8.66. The first-order valence-electron chi connectivity index (χ1n) is 5.32. The van der Waals surface area contributed by atoms with E-state index in [0.717, 1.165) is 0 Å². The van der Waals surface area contributed by atoms with Crippen LogP contribution in [0.4, 0.5) is 11.4 Å². The van der Waals surface area contributed by atoms with Crippen molar-refractivity contribution in [1.29, 1.82) is 0 Å². The molecule has 0 aliphatic carbocycles. The van der Waals surface area contributed by atoms with Gasteiger partial charge < -0.3 is 15.3 Å². The van der Waals surface area contributed by atoms with Crippen molar-refractivity contribution in [3.05, 3.63) is 54.1 Å². The molecule has 2 aromatic rings. The van der Waals surface area contributed by atoms with Gasteiger partial charge in [0, 0.05) is 5.56 Å². The van der Waals surface area contributed by atoms with Gasteiger partial charge in [0.1, 0.15) is 5.75 Å². The lowest BCUT2D eigenvalue weighted by atomic mass is 10.2. The molecule has 0 saturated heterocycles. The zero-order chi connectivity index (χ0) is 13.0. The van der Waals surface area contributed by atoms with E-state index in [-0.39, 0.29) is 5.75 Å². The molecule has 0 unspecified atom stereocenters. The normalized spacial score (nSPS) is 11.3. The Kier molecular flexibility index (Phi) is 3.66. The van der Waals surface area contributed by atoms with Crippen LogP contribution in [0, 0.1) is 0 Å². The Morgan fingerprint density at radius 2 is 1.50 bits per heavy atom. The van der Waals surface area contributed by atoms with Crippen molar-refractivity contribution in [2.24, 2.45) is 10.2 Å². The Morgan fingerprint density at radius 3 is 2.17 bits per heavy atom. The maximum Gasteiger partial charge on any atom is 0.180 e. The predicted molar refractivity (Wildman–Crippen MR) is 65.9 cm³/mol. The van der Waals surface area contributed by atoms with Crippen molar-refractivity contribution >= 4 is 11.4 Å². The maximum absolute atomic E-state index is 9.16. The summed E-state index contributed by atoms with van der Waals surface area (Å²) in [5.74, 6) is 0.153. The molecular formula is C13H12N2O3. The molecule has 0 aromatic heterocycles. The lowest BCUT2D eigenvalue weighted by Gasteiger charge is -2.05. The summed E-state index contributed by atoms with van der Waals surface area (Å²) in [7, 11) is 0. The summed E-state index contributed by atoms with van der Waals surface area (Å²) in [6.45, 7) is 0. The minimum atomic E-state index is -1.58. The van der Waals surface area contributed by atoms with Gasteiger partial charge in [-0.1, -0.05) is 18.2 Å². The number of phenols is 1. The Morgan fingerprint density at radius 1 is 0.833 bits per heavy atom. The highest BCUT2D eigenvalue weighted by molar-refractivity contribution is 5.47. The van der Waals surface area contributed by atoms with Gasteiger partial charge in [0.25, 0.3) is 0 Å². The van der Waals surface area contributed by atoms with Crippen LogP contribution in [0.25, 0.3) is 0 Å². The minimum absolute atomic E-state index is 0.153. The van der Waals surface area contributed by atoms with E-state index in [9.17, 15) is 0 Å². The number of benzene rings is 2. The molecular weight excluding hydrogens is 232 g/mol. The number of aliphatic hydroxyl groups is 2. The summed E-state index contributed by atoms with van der Waals surface area (Å²) in [5.41, 5.74) is 1.25. The molecule has 0 spiro atoms. The number of aromatic hydroxyl groups is 1. The van der Waals surface area contributed by atoms with E-state index in [4.69, 9.17) is 15.3 Å². The number of aliphatic hydroxyl groups excluding tert-OH is 1. The van der Waals surface area contributed by atoms with Crippen molar-refractivity contribution < 1.29 is 15.3 Å². The molecule has 0 atom stereocenters. The molecule has 0 radical (unpaired) electrons. The lowest BCUT2D eigenvalue weighted by Crippen LogP contribution is -1.94. The SMILES string of the molecule is Oc1ccc(N=Nc2ccccc2C(O)O)cc1. The van der Waals surface area contributed by atoms with E-state index in [1.807, 2.05) is 0 Å². The Hall–Kier alpha value is -2.24. The van der Waals surface area contributed by atoms with Crippen LogP contribution in [0.2, 0.25) is 0 Å². The van der Waals surface area contributed by atoms with Gasteiger partial charge in [0.2, 0.25) is 0 Å². The zero-order valence-corrected chi connectivity index (χ0v) is 9.43. The summed E-state index contributed by atoms with van der Waals surface area (Å²) >= 11 is 0. The molecule has 3 N–H and O–H groups in total. The van der Waals surface area contributed by atoms with Gasteiger partial charge >= 0.3 is 0 Å². The van der Waals surface area contributed by atoms with Crippen molar-refractivity contribution in [2.45, 2.75) is 6.29 Å². The summed E-state index contributed by atoms with van der Waals surface area (Å²) in [5, 5.41) is 35.3. The van der Waals surface area contributed by atoms with Crippen LogP contribution in [0.15, 0.2) is 58.8 Å². The number of azo groups is 1. The average Bonchev–Trinajstić information content (AvgIpc) is 2.38. The molecule has 0 saturated carbocycles. The fourth-order valence-electron chi connectivity index (χ4n) is 1.43. The van der Waals surface area contributed by atoms with Crippen LogP contribution in [0.5, 0.6) is 5.75 Å². The minimum Gasteiger partial charge on any atom is -0.508 e. The van der Waals surface area contributed by atoms with E-state index >= 15 is 0 Å². The lowest BCUT2D eigenvalue weighted by molar-refractivity contribution is -0.0420. The van der Waals surface area contributed by atoms with Crippen molar-refractivity contribution in [3.8, 4) is 5.75 Å². The largest absolute Gasteiger partial charge is 0.508 e. The average molecular weight is 244 g/mol. The van der Waals surface area contributed by atoms with E-state index in [2.05, 4.69) is 10.2 Å². The second-order valence-corrected chi connectivity index (χ2v) is 3.65. The van der Waals surface area contributed by atoms with Crippen LogP contribution >= 0.6 is 0 Å². The van der Waals surface area contributed by atoms with Gasteiger partial charge in [0.05, 0.1) is 11.4 Å². The number of phenolic OH excluding ortho intramolecular Hbond substituents is 1. The topological polar surface area (TPSA) is 85.4 Å². The van der Waals surface area contributed by atoms with Crippen LogP contribution in [-0.2, 0) is 0 Å². The Bertz CT molecular complexity index is 550. The second kappa shape index (κ2) is 5.39. The van der Waals surface area contributed by atoms with Gasteiger partial charge in [-0.2, -0.15) is 10.2 Å². The van der Waals surface area contributed by atoms with E-state index in [1.54, 1.807) is 36.4 Å². The van der Waals surface area contributed by atoms with Crippen molar-refractivity contribution in [3.63, 3.8) is 0 Å². The van der Waals surface area contributed by atoms with Crippen molar-refractivity contribution in [2.75, 3.05) is 0 Å². The number of nitrogens with zero attached hydrogens (tertiary/aromatic N) is 2. The van der Waals surface area contributed by atoms with E-state index < -0.39 is 6.29 Å². The first kappa shape index (κ1) is 12.2. The maximum atomic E-state index is 9.16. The van der Waals surface area contributed by atoms with Crippen LogP contribution < -0.4 is 0 Å². The molecule has 5 nitrogen and oxygen atoms in total. The molecule has 0 aliphatic rings. The summed E-state index contributed by atoms with van der Waals surface area (Å²) in [4.78, 5) is 0. The van der Waals surface area contributed by atoms with Gasteiger partial charge in [-0.25, -0.2) is 0 Å². The fraction of sp³-hybridized carbons (Fsp3) is 0.0769. The van der Waals surface area contributed by atoms with E-state index in [1.165, 1.54) is 12.1 Å². The molecule has 0 amide bonds. The Labute approximate surface area is 104 Å². The van der Waals surface area contributed by atoms with Gasteiger partial charge in [-0.15, -0.1) is 0 Å². The summed E-state index contributed by atoms with van der Waals surface area (Å²) in [6.07, 6.45) is -1.58. The molecule has 0 bridgehead atoms. The first-order valence-corrected chi connectivity index (χ1v) is 5.32. The van der Waals surface area contributed by atoms with E-state index in [0.29, 0.717) is 16.9 Å². The van der Waals surface area contributed by atoms with Gasteiger partial charge in [-0.3, -0.25) is 0 Å². The smallest absolute Gasteiger partial charge is 0.180 e. The highest BCUT2D eigenvalue weighted by Crippen LogP contribution is 2.26. The molecule has 18 heavy (non-hydrogen) atoms. The van der Waals surface area contributed by atoms with Gasteiger partial charge in [0.15, 0.2) is 6.29 Å². The molecule has 5 heteroatoms. The molecule has 0 heterocycles. The third-order valence-corrected chi connectivity index (χ3v) is 2.34. The van der Waals surface area contributed by atoms with Crippen LogP contribution in [-0.4, -0.2) is 15.3 Å². The quantitative estimate of drug-likeness (QED) is 0.573. The summed E-state index contributed by atoms with van der Waals surface area (Å²) in [6, 6.07) is 12.8. The summed E-state index contributed by atoms with van der Waals surface area (Å²) < 4.78 is 0. The monoisotopic (exact) mass is 244 g/mol. The predicted octanol–water partition coefficient (Wildman–Crippen LogP) is 2.79. The van der Waals surface area contributed by atoms with Crippen LogP contribution in [0.1, 0.15) is 11.9 Å². The second-order valence-electron chi connectivity index (χ2n) is 3.65. The van der Waals surface area contributed by atoms with Crippen molar-refractivity contribution in [1.82, 2.24) is 0 Å². The van der Waals surface area contributed by atoms with Gasteiger partial charge in [-0.05, 0) is 30.3 Å². The number of hydrogen-bond acceptors (Lipinski definition) is 5. The van der Waals surface area contributed by atoms with Crippen LogP contribution in [0.3, 0.4) is 0 Å². The number of hydrogen-bond donors (Lipinski definition) is 3. The molecule has 2 aromatic carbocycles. The third kappa shape index (κ3) is 2.91. The highest BCUT2D eigenvalue weighted by atomic mass is 16.5. The molecule has 0 aliphatic heterocycles. The standard InChI is InChI=1S/C13H12N2O3/c16-10-7-5-9(6-8-10)14-15-12-4-2-1-3-11(12)13(17)18/h1-8,13,16-18H. The fourth-order valence-corrected chi connectivity index (χ4v) is 1.43. The highest BCUT2D eigenvalue weighted by Gasteiger charge is 2.07.